The van der Waals surface area contributed by atoms with Gasteiger partial charge in [0.1, 0.15) is 30.3 Å². The van der Waals surface area contributed by atoms with Crippen LogP contribution < -0.4 is 15.4 Å². The van der Waals surface area contributed by atoms with E-state index in [0.29, 0.717) is 48.7 Å². The number of fused-ring (bicyclic) bond motifs is 1. The van der Waals surface area contributed by atoms with Gasteiger partial charge < -0.3 is 25.2 Å². The Kier molecular flexibility index (Phi) is 9.54. The average Bonchev–Trinajstić information content (AvgIpc) is 3.20. The Morgan fingerprint density at radius 3 is 2.82 bits per heavy atom. The van der Waals surface area contributed by atoms with Crippen LogP contribution in [0, 0.1) is 9.77 Å². The van der Waals surface area contributed by atoms with Crippen LogP contribution in [0.25, 0.3) is 10.9 Å². The second-order valence-electron chi connectivity index (χ2n) is 7.85. The van der Waals surface area contributed by atoms with Gasteiger partial charge in [-0.15, -0.1) is 0 Å². The number of aromatic nitrogens is 4. The van der Waals surface area contributed by atoms with Crippen molar-refractivity contribution >= 4 is 88.5 Å². The third-order valence-corrected chi connectivity index (χ3v) is 8.82. The predicted octanol–water partition coefficient (Wildman–Crippen LogP) is 5.46. The van der Waals surface area contributed by atoms with Crippen molar-refractivity contribution in [3.8, 4) is 5.75 Å². The Balaban J connectivity index is 1.56. The van der Waals surface area contributed by atoms with Crippen molar-refractivity contribution in [1.82, 2.24) is 19.7 Å². The molecule has 4 aromatic rings. The van der Waals surface area contributed by atoms with Gasteiger partial charge in [0.15, 0.2) is 8.29 Å². The number of halogens is 2. The van der Waals surface area contributed by atoms with Gasteiger partial charge in [-0.1, -0.05) is 34.7 Å². The zero-order valence-corrected chi connectivity index (χ0v) is 24.2. The average molecular weight is 631 g/mol. The number of anilines is 3. The number of nitrogens with zero attached hydrogens (tertiary/aromatic N) is 4. The zero-order valence-electron chi connectivity index (χ0n) is 20.1. The highest BCUT2D eigenvalue weighted by molar-refractivity contribution is 8.01. The quantitative estimate of drug-likeness (QED) is 0.0949. The largest absolute Gasteiger partial charge is 0.492 e. The molecule has 39 heavy (non-hydrogen) atoms. The molecule has 0 fully saturated rings. The highest BCUT2D eigenvalue weighted by Gasteiger charge is 2.17. The number of thioether (sulfide) groups is 1. The summed E-state index contributed by atoms with van der Waals surface area (Å²) in [5.74, 6) is -0.0208. The number of ether oxygens (including phenoxy) is 1. The maximum absolute atomic E-state index is 13.6. The third kappa shape index (κ3) is 7.94. The minimum Gasteiger partial charge on any atom is -0.492 e. The van der Waals surface area contributed by atoms with Crippen LogP contribution in [0.15, 0.2) is 41.0 Å². The molecule has 0 aliphatic rings. The van der Waals surface area contributed by atoms with Crippen molar-refractivity contribution < 1.29 is 28.3 Å². The molecule has 11 nitrogen and oxygen atoms in total. The summed E-state index contributed by atoms with van der Waals surface area (Å²) in [4.78, 5) is 39.6. The van der Waals surface area contributed by atoms with Gasteiger partial charge in [-0.25, -0.2) is 19.0 Å². The topological polar surface area (TPSA) is 151 Å². The van der Waals surface area contributed by atoms with Crippen LogP contribution in [0.3, 0.4) is 0 Å². The summed E-state index contributed by atoms with van der Waals surface area (Å²) in [5, 5.41) is 10.7. The molecule has 17 heteroatoms. The van der Waals surface area contributed by atoms with E-state index in [0.717, 1.165) is 23.1 Å². The lowest BCUT2D eigenvalue weighted by Gasteiger charge is -2.15. The van der Waals surface area contributed by atoms with Crippen molar-refractivity contribution in [2.45, 2.75) is 17.8 Å². The second kappa shape index (κ2) is 12.7. The molecule has 0 unspecified atom stereocenters. The molecule has 0 aliphatic carbocycles. The number of nitrogens with one attached hydrogen (secondary N) is 2. The van der Waals surface area contributed by atoms with Crippen LogP contribution in [0.4, 0.5) is 21.6 Å². The molecule has 0 bridgehead atoms. The minimum absolute atomic E-state index is 0.0473. The monoisotopic (exact) mass is 630 g/mol. The van der Waals surface area contributed by atoms with E-state index >= 15 is 0 Å². The second-order valence-corrected chi connectivity index (χ2v) is 13.0. The summed E-state index contributed by atoms with van der Waals surface area (Å²) in [5.41, 5.74) is 1.41. The van der Waals surface area contributed by atoms with Gasteiger partial charge >= 0.3 is 7.60 Å². The Labute approximate surface area is 239 Å². The number of amides is 1. The van der Waals surface area contributed by atoms with E-state index in [9.17, 15) is 13.8 Å². The molecule has 0 saturated heterocycles. The lowest BCUT2D eigenvalue weighted by atomic mass is 10.1. The van der Waals surface area contributed by atoms with Gasteiger partial charge in [0, 0.05) is 22.9 Å². The maximum Gasteiger partial charge on any atom is 0.326 e. The first-order valence-corrected chi connectivity index (χ1v) is 15.6. The summed E-state index contributed by atoms with van der Waals surface area (Å²) in [6, 6.07) is 7.51. The highest BCUT2D eigenvalue weighted by Crippen LogP contribution is 2.37. The molecular formula is C22H21ClFN6O5PS3. The molecule has 0 saturated carbocycles. The Bertz CT molecular complexity index is 1630. The molecule has 1 amide bonds. The molecular weight excluding hydrogens is 610 g/mol. The smallest absolute Gasteiger partial charge is 0.326 e. The number of hydrogen-bond acceptors (Lipinski definition) is 10. The fourth-order valence-corrected chi connectivity index (χ4v) is 6.84. The van der Waals surface area contributed by atoms with Crippen molar-refractivity contribution in [1.29, 1.82) is 0 Å². The minimum atomic E-state index is -4.11. The number of rotatable bonds is 11. The van der Waals surface area contributed by atoms with Gasteiger partial charge in [0.25, 0.3) is 0 Å². The third-order valence-electron chi connectivity index (χ3n) is 4.98. The Morgan fingerprint density at radius 2 is 2.10 bits per heavy atom. The van der Waals surface area contributed by atoms with Gasteiger partial charge in [-0.2, -0.15) is 5.10 Å². The fraction of sp³-hybridized carbons (Fsp3) is 0.227. The van der Waals surface area contributed by atoms with Crippen LogP contribution in [0.5, 0.6) is 5.75 Å². The Morgan fingerprint density at radius 1 is 1.31 bits per heavy atom. The summed E-state index contributed by atoms with van der Waals surface area (Å²) in [6.07, 6.45) is 1.07. The van der Waals surface area contributed by atoms with Gasteiger partial charge in [-0.05, 0) is 43.4 Å². The number of hydrogen-bond donors (Lipinski definition) is 4. The molecule has 0 aliphatic heterocycles. The summed E-state index contributed by atoms with van der Waals surface area (Å²) in [6.45, 7) is 1.95. The zero-order chi connectivity index (χ0) is 28.2. The fourth-order valence-electron chi connectivity index (χ4n) is 3.29. The van der Waals surface area contributed by atoms with E-state index in [1.807, 2.05) is 0 Å². The van der Waals surface area contributed by atoms with Gasteiger partial charge in [0.05, 0.1) is 29.0 Å². The first kappa shape index (κ1) is 29.3. The van der Waals surface area contributed by atoms with Crippen LogP contribution in [-0.4, -0.2) is 54.0 Å². The van der Waals surface area contributed by atoms with E-state index in [1.165, 1.54) is 29.2 Å². The van der Waals surface area contributed by atoms with E-state index in [2.05, 4.69) is 25.7 Å². The first-order chi connectivity index (χ1) is 18.5. The molecule has 4 rings (SSSR count). The van der Waals surface area contributed by atoms with Crippen molar-refractivity contribution in [3.05, 3.63) is 51.5 Å². The van der Waals surface area contributed by atoms with E-state index in [-0.39, 0.29) is 23.5 Å². The number of benzene rings is 2. The molecule has 2 heterocycles. The van der Waals surface area contributed by atoms with Gasteiger partial charge in [-0.3, -0.25) is 9.36 Å². The number of carbonyl (C=O) groups excluding carboxylic acids is 1. The lowest BCUT2D eigenvalue weighted by molar-refractivity contribution is -0.117. The van der Waals surface area contributed by atoms with E-state index < -0.39 is 19.3 Å². The first-order valence-electron chi connectivity index (χ1n) is 11.2. The summed E-state index contributed by atoms with van der Waals surface area (Å²) >= 11 is 13.5. The molecule has 4 N–H and O–H groups in total. The van der Waals surface area contributed by atoms with Crippen LogP contribution in [0.1, 0.15) is 6.92 Å². The number of carbonyl (C=O) groups is 1. The van der Waals surface area contributed by atoms with E-state index in [1.54, 1.807) is 19.1 Å². The van der Waals surface area contributed by atoms with Crippen molar-refractivity contribution in [3.63, 3.8) is 0 Å². The molecule has 0 radical (unpaired) electrons. The molecule has 206 valence electrons. The van der Waals surface area contributed by atoms with Crippen LogP contribution >= 0.6 is 54.5 Å². The molecule has 2 aromatic heterocycles. The predicted molar refractivity (Wildman–Crippen MR) is 153 cm³/mol. The summed E-state index contributed by atoms with van der Waals surface area (Å²) in [7, 11) is -4.11. The van der Waals surface area contributed by atoms with Crippen molar-refractivity contribution in [2.24, 2.45) is 0 Å². The SMILES string of the molecule is CCOc1cc2ncnc(Nc3ccc(F)c(Cl)c3)c2cc1NC(=O)Cn1nc(SCCP(=O)(O)O)sc1=S. The Hall–Kier alpha value is -2.65. The standard InChI is InChI=1S/C22H21ClFN6O5PS3/c1-2-35-18-9-16-13(20(26-11-25-16)27-12-3-4-15(24)14(23)7-12)8-17(18)28-19(31)10-30-22(37)39-21(29-30)38-6-5-36(32,33)34/h3-4,7-9,11H,2,5-6,10H2,1H3,(H,28,31)(H,25,26,27)(H2,32,33,34). The molecule has 0 atom stereocenters. The van der Waals surface area contributed by atoms with Crippen LogP contribution in [-0.2, 0) is 15.9 Å². The van der Waals surface area contributed by atoms with Crippen LogP contribution in [0.2, 0.25) is 5.02 Å². The molecule has 2 aromatic carbocycles. The van der Waals surface area contributed by atoms with E-state index in [4.69, 9.17) is 38.3 Å². The molecule has 0 spiro atoms. The normalized spacial score (nSPS) is 11.5. The maximum atomic E-state index is 13.6. The summed E-state index contributed by atoms with van der Waals surface area (Å²) < 4.78 is 32.5. The van der Waals surface area contributed by atoms with Crippen molar-refractivity contribution in [2.75, 3.05) is 29.2 Å². The lowest BCUT2D eigenvalue weighted by Crippen LogP contribution is -2.20. The van der Waals surface area contributed by atoms with Gasteiger partial charge in [0.2, 0.25) is 5.91 Å². The highest BCUT2D eigenvalue weighted by atomic mass is 35.5.